The van der Waals surface area contributed by atoms with Crippen molar-refractivity contribution in [2.24, 2.45) is 0 Å². The van der Waals surface area contributed by atoms with Gasteiger partial charge in [-0.25, -0.2) is 0 Å². The highest BCUT2D eigenvalue weighted by molar-refractivity contribution is 5.76. The molecule has 0 bridgehead atoms. The molecule has 0 aromatic heterocycles. The van der Waals surface area contributed by atoms with Gasteiger partial charge in [0.25, 0.3) is 0 Å². The highest BCUT2D eigenvalue weighted by Gasteiger charge is 2.44. The zero-order chi connectivity index (χ0) is 57.2. The second-order valence-corrected chi connectivity index (χ2v) is 23.2. The molecule has 0 radical (unpaired) electrons. The number of ether oxygens (including phenoxy) is 2. The summed E-state index contributed by atoms with van der Waals surface area (Å²) in [6.45, 7) is 3.74. The summed E-state index contributed by atoms with van der Waals surface area (Å²) < 4.78 is 11.3. The third kappa shape index (κ3) is 47.8. The lowest BCUT2D eigenvalue weighted by molar-refractivity contribution is -0.302. The highest BCUT2D eigenvalue weighted by Crippen LogP contribution is 2.23. The monoisotopic (exact) mass is 1110 g/mol. The van der Waals surface area contributed by atoms with Gasteiger partial charge in [-0.05, 0) is 83.5 Å². The van der Waals surface area contributed by atoms with E-state index in [0.717, 1.165) is 64.2 Å². The molecule has 9 nitrogen and oxygen atoms in total. The summed E-state index contributed by atoms with van der Waals surface area (Å²) in [5.41, 5.74) is 0. The number of hydrogen-bond donors (Lipinski definition) is 6. The maximum absolute atomic E-state index is 13.1. The van der Waals surface area contributed by atoms with Crippen molar-refractivity contribution in [1.82, 2.24) is 5.32 Å². The molecule has 1 aliphatic rings. The average Bonchev–Trinajstić information content (AvgIpc) is 3.46. The smallest absolute Gasteiger partial charge is 0.220 e. The van der Waals surface area contributed by atoms with E-state index in [1.54, 1.807) is 6.08 Å². The molecule has 7 unspecified atom stereocenters. The number of amides is 1. The van der Waals surface area contributed by atoms with Crippen molar-refractivity contribution in [2.75, 3.05) is 13.2 Å². The van der Waals surface area contributed by atoms with Crippen molar-refractivity contribution in [1.29, 1.82) is 0 Å². The van der Waals surface area contributed by atoms with Crippen LogP contribution < -0.4 is 5.32 Å². The third-order valence-electron chi connectivity index (χ3n) is 15.7. The molecular formula is C70H127NO8. The summed E-state index contributed by atoms with van der Waals surface area (Å²) in [6, 6.07) is -0.829. The lowest BCUT2D eigenvalue weighted by Gasteiger charge is -2.40. The Kier molecular flexibility index (Phi) is 55.6. The van der Waals surface area contributed by atoms with Gasteiger partial charge in [0.1, 0.15) is 24.4 Å². The number of hydrogen-bond acceptors (Lipinski definition) is 8. The Morgan fingerprint density at radius 1 is 0.430 bits per heavy atom. The van der Waals surface area contributed by atoms with Crippen LogP contribution in [0.4, 0.5) is 0 Å². The molecule has 0 aliphatic carbocycles. The van der Waals surface area contributed by atoms with Crippen molar-refractivity contribution in [3.8, 4) is 0 Å². The van der Waals surface area contributed by atoms with Crippen LogP contribution in [0, 0.1) is 0 Å². The van der Waals surface area contributed by atoms with Crippen LogP contribution in [0.1, 0.15) is 309 Å². The molecule has 0 spiro atoms. The molecule has 6 N–H and O–H groups in total. The number of carbonyl (C=O) groups excluding carboxylic acids is 1. The number of aliphatic hydroxyl groups excluding tert-OH is 5. The maximum atomic E-state index is 13.1. The summed E-state index contributed by atoms with van der Waals surface area (Å²) >= 11 is 0. The second kappa shape index (κ2) is 58.8. The minimum atomic E-state index is -1.58. The van der Waals surface area contributed by atoms with Gasteiger partial charge in [-0.15, -0.1) is 0 Å². The van der Waals surface area contributed by atoms with Gasteiger partial charge in [0, 0.05) is 6.42 Å². The first-order valence-corrected chi connectivity index (χ1v) is 33.7. The first-order valence-electron chi connectivity index (χ1n) is 33.7. The molecule has 0 aromatic carbocycles. The highest BCUT2D eigenvalue weighted by atomic mass is 16.7. The summed E-state index contributed by atoms with van der Waals surface area (Å²) in [4.78, 5) is 13.1. The van der Waals surface area contributed by atoms with Gasteiger partial charge in [-0.3, -0.25) is 4.79 Å². The molecule has 1 fully saturated rings. The van der Waals surface area contributed by atoms with Gasteiger partial charge in [0.05, 0.1) is 25.4 Å². The standard InChI is InChI=1S/C70H127NO8/c1-3-5-7-9-11-13-15-17-19-20-21-22-23-24-25-26-27-28-29-30-31-32-33-34-35-36-37-38-39-40-41-42-43-44-46-48-50-52-54-56-58-60-66(74)71-63(62-78-70-69(77)68(76)67(75)65(61-72)79-70)64(73)59-57-55-53-51-49-47-45-18-16-14-12-10-8-6-4-2/h15-18,20-21,23-24,49,51,57,59,63-65,67-70,72-73,75-77H,3-14,19,22,25-48,50,52-56,58,60-62H2,1-2H3,(H,71,74)/b17-15-,18-16+,21-20-,24-23-,51-49+,59-57+. The second-order valence-electron chi connectivity index (χ2n) is 23.2. The molecule has 1 aliphatic heterocycles. The van der Waals surface area contributed by atoms with Crippen LogP contribution in [-0.2, 0) is 14.3 Å². The fraction of sp³-hybridized carbons (Fsp3) is 0.814. The molecule has 1 rings (SSSR count). The number of allylic oxidation sites excluding steroid dienone is 11. The van der Waals surface area contributed by atoms with Gasteiger partial charge >= 0.3 is 0 Å². The third-order valence-corrected chi connectivity index (χ3v) is 15.7. The van der Waals surface area contributed by atoms with E-state index in [-0.39, 0.29) is 12.5 Å². The number of aliphatic hydroxyl groups is 5. The first kappa shape index (κ1) is 74.6. The number of unbranched alkanes of at least 4 members (excludes halogenated alkanes) is 38. The number of nitrogens with one attached hydrogen (secondary N) is 1. The molecule has 9 heteroatoms. The van der Waals surface area contributed by atoms with Crippen LogP contribution in [-0.4, -0.2) is 87.5 Å². The minimum Gasteiger partial charge on any atom is -0.394 e. The van der Waals surface area contributed by atoms with E-state index < -0.39 is 49.5 Å². The number of carbonyl (C=O) groups is 1. The van der Waals surface area contributed by atoms with Crippen LogP contribution in [0.25, 0.3) is 0 Å². The number of rotatable bonds is 58. The largest absolute Gasteiger partial charge is 0.394 e. The Bertz CT molecular complexity index is 1470. The zero-order valence-corrected chi connectivity index (χ0v) is 51.4. The van der Waals surface area contributed by atoms with Crippen molar-refractivity contribution < 1.29 is 39.8 Å². The summed E-state index contributed by atoms with van der Waals surface area (Å²) in [7, 11) is 0. The quantitative estimate of drug-likeness (QED) is 0.0261. The van der Waals surface area contributed by atoms with Crippen LogP contribution in [0.2, 0.25) is 0 Å². The van der Waals surface area contributed by atoms with Crippen molar-refractivity contribution in [3.05, 3.63) is 72.9 Å². The summed E-state index contributed by atoms with van der Waals surface area (Å²) in [5.74, 6) is -0.188. The van der Waals surface area contributed by atoms with Crippen molar-refractivity contribution in [3.63, 3.8) is 0 Å². The Morgan fingerprint density at radius 2 is 0.759 bits per heavy atom. The average molecular weight is 1110 g/mol. The fourth-order valence-electron chi connectivity index (χ4n) is 10.4. The van der Waals surface area contributed by atoms with Crippen molar-refractivity contribution in [2.45, 2.75) is 352 Å². The van der Waals surface area contributed by atoms with Crippen molar-refractivity contribution >= 4 is 5.91 Å². The lowest BCUT2D eigenvalue weighted by Crippen LogP contribution is -2.60. The van der Waals surface area contributed by atoms with E-state index in [9.17, 15) is 30.3 Å². The Hall–Kier alpha value is -2.37. The predicted octanol–water partition coefficient (Wildman–Crippen LogP) is 18.0. The lowest BCUT2D eigenvalue weighted by atomic mass is 9.99. The SMILES string of the molecule is CCCCCCC/C=C\C/C=C\C/C=C\CCCCCCCCCCCCCCCCCCCCCCCCCCCCC(=O)NC(COC1OC(CO)C(O)C(O)C1O)C(O)/C=C/CC/C=C/CC/C=C/CCCCCCC. The van der Waals surface area contributed by atoms with Gasteiger partial charge in [0.2, 0.25) is 5.91 Å². The van der Waals surface area contributed by atoms with Gasteiger partial charge < -0.3 is 40.3 Å². The summed E-state index contributed by atoms with van der Waals surface area (Å²) in [5, 5.41) is 54.5. The molecule has 7 atom stereocenters. The predicted molar refractivity (Wildman–Crippen MR) is 336 cm³/mol. The van der Waals surface area contributed by atoms with E-state index in [1.807, 2.05) is 6.08 Å². The molecule has 79 heavy (non-hydrogen) atoms. The molecule has 0 saturated carbocycles. The molecule has 1 heterocycles. The fourth-order valence-corrected chi connectivity index (χ4v) is 10.4. The van der Waals surface area contributed by atoms with E-state index in [0.29, 0.717) is 6.42 Å². The topological polar surface area (TPSA) is 149 Å². The van der Waals surface area contributed by atoms with E-state index in [2.05, 4.69) is 79.9 Å². The maximum Gasteiger partial charge on any atom is 0.220 e. The molecular weight excluding hydrogens is 983 g/mol. The van der Waals surface area contributed by atoms with Gasteiger partial charge in [-0.2, -0.15) is 0 Å². The zero-order valence-electron chi connectivity index (χ0n) is 51.4. The molecule has 1 saturated heterocycles. The van der Waals surface area contributed by atoms with E-state index in [1.165, 1.54) is 225 Å². The normalized spacial score (nSPS) is 19.0. The van der Waals surface area contributed by atoms with Crippen LogP contribution in [0.15, 0.2) is 72.9 Å². The van der Waals surface area contributed by atoms with Crippen LogP contribution in [0.3, 0.4) is 0 Å². The Balaban J connectivity index is 2.04. The Morgan fingerprint density at radius 3 is 1.15 bits per heavy atom. The molecule has 0 aromatic rings. The van der Waals surface area contributed by atoms with Crippen LogP contribution in [0.5, 0.6) is 0 Å². The molecule has 460 valence electrons. The van der Waals surface area contributed by atoms with Gasteiger partial charge in [0.15, 0.2) is 6.29 Å². The molecule has 1 amide bonds. The van der Waals surface area contributed by atoms with E-state index >= 15 is 0 Å². The Labute approximate surface area is 487 Å². The summed E-state index contributed by atoms with van der Waals surface area (Å²) in [6.07, 6.45) is 75.9. The first-order chi connectivity index (χ1) is 38.8. The minimum absolute atomic E-state index is 0.188. The van der Waals surface area contributed by atoms with Crippen LogP contribution >= 0.6 is 0 Å². The van der Waals surface area contributed by atoms with Gasteiger partial charge in [-0.1, -0.05) is 292 Å². The van der Waals surface area contributed by atoms with E-state index in [4.69, 9.17) is 9.47 Å².